The Labute approximate surface area is 153 Å². The third-order valence-electron chi connectivity index (χ3n) is 3.15. The molecule has 27 heavy (non-hydrogen) atoms. The van der Waals surface area contributed by atoms with Crippen LogP contribution in [0.3, 0.4) is 0 Å². The highest BCUT2D eigenvalue weighted by molar-refractivity contribution is 5.99. The summed E-state index contributed by atoms with van der Waals surface area (Å²) in [4.78, 5) is 20.5. The fourth-order valence-electron chi connectivity index (χ4n) is 1.83. The number of amidine groups is 1. The zero-order valence-electron chi connectivity index (χ0n) is 14.2. The molecule has 2 rings (SSSR count). The van der Waals surface area contributed by atoms with Gasteiger partial charge in [-0.25, -0.2) is 4.98 Å². The summed E-state index contributed by atoms with van der Waals surface area (Å²) < 4.78 is 42.0. The number of halogens is 3. The highest BCUT2D eigenvalue weighted by Crippen LogP contribution is 2.22. The number of para-hydroxylation sites is 1. The van der Waals surface area contributed by atoms with Crippen LogP contribution in [-0.4, -0.2) is 35.6 Å². The standard InChI is InChI=1S/C17H17F3N4O3/c1-11(15(25)23-10-17(18,19)20)27-24-14(21)13-8-5-9-22-16(13)26-12-6-3-2-4-7-12/h2-9,11H,10H2,1H3,(H2,21,24)(H,23,25). The smallest absolute Gasteiger partial charge is 0.405 e. The van der Waals surface area contributed by atoms with Gasteiger partial charge in [0.05, 0.1) is 5.56 Å². The van der Waals surface area contributed by atoms with E-state index in [0.717, 1.165) is 0 Å². The van der Waals surface area contributed by atoms with Gasteiger partial charge in [0.25, 0.3) is 5.91 Å². The normalized spacial score (nSPS) is 13.0. The molecule has 0 radical (unpaired) electrons. The lowest BCUT2D eigenvalue weighted by molar-refractivity contribution is -0.145. The fourth-order valence-corrected chi connectivity index (χ4v) is 1.83. The minimum atomic E-state index is -4.52. The van der Waals surface area contributed by atoms with E-state index in [2.05, 4.69) is 10.1 Å². The number of carbonyl (C=O) groups is 1. The number of nitrogens with one attached hydrogen (secondary N) is 1. The Balaban J connectivity index is 2.04. The van der Waals surface area contributed by atoms with Crippen LogP contribution in [0.25, 0.3) is 0 Å². The maximum Gasteiger partial charge on any atom is 0.405 e. The van der Waals surface area contributed by atoms with Gasteiger partial charge in [-0.2, -0.15) is 13.2 Å². The number of nitrogens with zero attached hydrogens (tertiary/aromatic N) is 2. The van der Waals surface area contributed by atoms with Gasteiger partial charge in [-0.3, -0.25) is 4.79 Å². The molecule has 0 bridgehead atoms. The van der Waals surface area contributed by atoms with Gasteiger partial charge in [-0.1, -0.05) is 23.4 Å². The fraction of sp³-hybridized carbons (Fsp3) is 0.235. The zero-order valence-corrected chi connectivity index (χ0v) is 14.2. The molecule has 0 saturated carbocycles. The largest absolute Gasteiger partial charge is 0.438 e. The average Bonchev–Trinajstić information content (AvgIpc) is 2.64. The van der Waals surface area contributed by atoms with Crippen molar-refractivity contribution in [1.82, 2.24) is 10.3 Å². The summed E-state index contributed by atoms with van der Waals surface area (Å²) >= 11 is 0. The van der Waals surface area contributed by atoms with E-state index >= 15 is 0 Å². The lowest BCUT2D eigenvalue weighted by Gasteiger charge is -2.13. The summed E-state index contributed by atoms with van der Waals surface area (Å²) in [5, 5.41) is 5.29. The molecule has 1 unspecified atom stereocenters. The summed E-state index contributed by atoms with van der Waals surface area (Å²) in [6, 6.07) is 12.0. The molecule has 0 fully saturated rings. The van der Waals surface area contributed by atoms with Crippen molar-refractivity contribution in [2.45, 2.75) is 19.2 Å². The van der Waals surface area contributed by atoms with Crippen molar-refractivity contribution < 1.29 is 27.5 Å². The van der Waals surface area contributed by atoms with Gasteiger partial charge in [0.2, 0.25) is 12.0 Å². The van der Waals surface area contributed by atoms with Gasteiger partial charge in [0.15, 0.2) is 5.84 Å². The Morgan fingerprint density at radius 2 is 1.96 bits per heavy atom. The Morgan fingerprint density at radius 3 is 2.63 bits per heavy atom. The number of amides is 1. The molecule has 1 aromatic heterocycles. The number of hydrogen-bond acceptors (Lipinski definition) is 5. The highest BCUT2D eigenvalue weighted by atomic mass is 19.4. The quantitative estimate of drug-likeness (QED) is 0.436. The number of pyridine rings is 1. The first-order valence-electron chi connectivity index (χ1n) is 7.78. The second-order valence-electron chi connectivity index (χ2n) is 5.33. The average molecular weight is 382 g/mol. The number of rotatable bonds is 7. The van der Waals surface area contributed by atoms with E-state index in [4.69, 9.17) is 15.3 Å². The van der Waals surface area contributed by atoms with E-state index in [0.29, 0.717) is 11.3 Å². The summed E-state index contributed by atoms with van der Waals surface area (Å²) in [6.07, 6.45) is -4.30. The molecular formula is C17H17F3N4O3. The molecule has 10 heteroatoms. The van der Waals surface area contributed by atoms with Crippen LogP contribution >= 0.6 is 0 Å². The summed E-state index contributed by atoms with van der Waals surface area (Å²) in [6.45, 7) is -0.219. The molecule has 7 nitrogen and oxygen atoms in total. The maximum atomic E-state index is 12.1. The predicted octanol–water partition coefficient (Wildman–Crippen LogP) is 2.58. The first kappa shape index (κ1) is 20.0. The minimum absolute atomic E-state index is 0.149. The van der Waals surface area contributed by atoms with Crippen LogP contribution in [0.15, 0.2) is 53.8 Å². The maximum absolute atomic E-state index is 12.1. The van der Waals surface area contributed by atoms with E-state index in [1.165, 1.54) is 13.1 Å². The number of hydrogen-bond donors (Lipinski definition) is 2. The van der Waals surface area contributed by atoms with Gasteiger partial charge >= 0.3 is 6.18 Å². The van der Waals surface area contributed by atoms with Gasteiger partial charge in [-0.15, -0.1) is 0 Å². The molecule has 1 aromatic carbocycles. The molecule has 0 aliphatic carbocycles. The summed E-state index contributed by atoms with van der Waals surface area (Å²) in [5.41, 5.74) is 6.13. The summed E-state index contributed by atoms with van der Waals surface area (Å²) in [7, 11) is 0. The third-order valence-corrected chi connectivity index (χ3v) is 3.15. The van der Waals surface area contributed by atoms with Crippen molar-refractivity contribution in [2.75, 3.05) is 6.54 Å². The third kappa shape index (κ3) is 6.49. The lowest BCUT2D eigenvalue weighted by Crippen LogP contribution is -2.39. The van der Waals surface area contributed by atoms with E-state index in [1.807, 2.05) is 6.07 Å². The second-order valence-corrected chi connectivity index (χ2v) is 5.33. The number of ether oxygens (including phenoxy) is 1. The van der Waals surface area contributed by atoms with Crippen molar-refractivity contribution in [3.8, 4) is 11.6 Å². The van der Waals surface area contributed by atoms with Crippen LogP contribution < -0.4 is 15.8 Å². The molecule has 0 aliphatic heterocycles. The molecule has 1 heterocycles. The number of benzene rings is 1. The molecule has 144 valence electrons. The molecule has 2 aromatic rings. The molecule has 3 N–H and O–H groups in total. The Kier molecular flexibility index (Phi) is 6.58. The van der Waals surface area contributed by atoms with Gasteiger partial charge in [0, 0.05) is 6.20 Å². The van der Waals surface area contributed by atoms with Crippen molar-refractivity contribution in [1.29, 1.82) is 0 Å². The monoisotopic (exact) mass is 382 g/mol. The van der Waals surface area contributed by atoms with Gasteiger partial charge in [0.1, 0.15) is 12.3 Å². The molecule has 1 atom stereocenters. The lowest BCUT2D eigenvalue weighted by atomic mass is 10.2. The van der Waals surface area contributed by atoms with Crippen LogP contribution in [0.2, 0.25) is 0 Å². The predicted molar refractivity (Wildman–Crippen MR) is 91.1 cm³/mol. The molecule has 0 aliphatic rings. The second kappa shape index (κ2) is 8.88. The number of carbonyl (C=O) groups excluding carboxylic acids is 1. The SMILES string of the molecule is CC(O/N=C(/N)c1cccnc1Oc1ccccc1)C(=O)NCC(F)(F)F. The number of alkyl halides is 3. The molecule has 1 amide bonds. The Hall–Kier alpha value is -3.30. The van der Waals surface area contributed by atoms with Crippen LogP contribution in [0.5, 0.6) is 11.6 Å². The van der Waals surface area contributed by atoms with Crippen molar-refractivity contribution >= 4 is 11.7 Å². The number of nitrogens with two attached hydrogens (primary N) is 1. The van der Waals surface area contributed by atoms with Crippen molar-refractivity contribution in [2.24, 2.45) is 10.9 Å². The highest BCUT2D eigenvalue weighted by Gasteiger charge is 2.29. The van der Waals surface area contributed by atoms with E-state index in [-0.39, 0.29) is 11.7 Å². The van der Waals surface area contributed by atoms with Gasteiger partial charge < -0.3 is 20.6 Å². The van der Waals surface area contributed by atoms with Crippen LogP contribution in [-0.2, 0) is 9.63 Å². The minimum Gasteiger partial charge on any atom is -0.438 e. The first-order valence-corrected chi connectivity index (χ1v) is 7.78. The Bertz CT molecular complexity index is 798. The van der Waals surface area contributed by atoms with Crippen LogP contribution in [0.1, 0.15) is 12.5 Å². The van der Waals surface area contributed by atoms with Crippen LogP contribution in [0.4, 0.5) is 13.2 Å². The van der Waals surface area contributed by atoms with Crippen molar-refractivity contribution in [3.63, 3.8) is 0 Å². The Morgan fingerprint density at radius 1 is 1.26 bits per heavy atom. The number of oxime groups is 1. The zero-order chi connectivity index (χ0) is 19.9. The summed E-state index contributed by atoms with van der Waals surface area (Å²) in [5.74, 6) is -0.450. The van der Waals surface area contributed by atoms with Crippen LogP contribution in [0, 0.1) is 0 Å². The topological polar surface area (TPSA) is 98.8 Å². The van der Waals surface area contributed by atoms with E-state index in [1.54, 1.807) is 41.7 Å². The number of aromatic nitrogens is 1. The van der Waals surface area contributed by atoms with Gasteiger partial charge in [-0.05, 0) is 31.2 Å². The molecular weight excluding hydrogens is 365 g/mol. The van der Waals surface area contributed by atoms with E-state index < -0.39 is 24.7 Å². The first-order chi connectivity index (χ1) is 12.8. The van der Waals surface area contributed by atoms with Crippen molar-refractivity contribution in [3.05, 3.63) is 54.2 Å². The van der Waals surface area contributed by atoms with E-state index in [9.17, 15) is 18.0 Å². The molecule has 0 saturated heterocycles. The molecule has 0 spiro atoms.